The zero-order valence-corrected chi connectivity index (χ0v) is 10.9. The van der Waals surface area contributed by atoms with Crippen LogP contribution < -0.4 is 15.5 Å². The quantitative estimate of drug-likeness (QED) is 0.711. The van der Waals surface area contributed by atoms with Gasteiger partial charge in [0.15, 0.2) is 0 Å². The maximum Gasteiger partial charge on any atom is 0.322 e. The van der Waals surface area contributed by atoms with Gasteiger partial charge in [0.25, 0.3) is 0 Å². The van der Waals surface area contributed by atoms with Gasteiger partial charge in [0, 0.05) is 25.0 Å². The third-order valence-corrected chi connectivity index (χ3v) is 3.26. The lowest BCUT2D eigenvalue weighted by Crippen LogP contribution is -2.43. The van der Waals surface area contributed by atoms with Gasteiger partial charge in [-0.3, -0.25) is 9.59 Å². The van der Waals surface area contributed by atoms with E-state index in [1.54, 1.807) is 7.05 Å². The van der Waals surface area contributed by atoms with Crippen LogP contribution in [0.25, 0.3) is 0 Å². The van der Waals surface area contributed by atoms with Gasteiger partial charge in [-0.15, -0.1) is 0 Å². The molecule has 6 nitrogen and oxygen atoms in total. The van der Waals surface area contributed by atoms with E-state index in [0.29, 0.717) is 13.0 Å². The third kappa shape index (κ3) is 2.85. The molecule has 19 heavy (non-hydrogen) atoms. The van der Waals surface area contributed by atoms with Crippen molar-refractivity contribution in [1.82, 2.24) is 5.32 Å². The van der Waals surface area contributed by atoms with Crippen LogP contribution in [0.2, 0.25) is 0 Å². The number of hydrogen-bond donors (Lipinski definition) is 3. The van der Waals surface area contributed by atoms with E-state index in [4.69, 9.17) is 5.11 Å². The minimum absolute atomic E-state index is 0.00607. The number of carboxylic acid groups (broad SMARTS) is 1. The molecule has 1 amide bonds. The maximum absolute atomic E-state index is 11.3. The second kappa shape index (κ2) is 5.27. The Bertz CT molecular complexity index is 516. The Morgan fingerprint density at radius 2 is 2.32 bits per heavy atom. The number of rotatable bonds is 5. The van der Waals surface area contributed by atoms with Gasteiger partial charge in [0.1, 0.15) is 6.04 Å². The number of carboxylic acids is 1. The Morgan fingerprint density at radius 3 is 2.95 bits per heavy atom. The monoisotopic (exact) mass is 263 g/mol. The zero-order valence-electron chi connectivity index (χ0n) is 10.9. The van der Waals surface area contributed by atoms with E-state index in [9.17, 15) is 9.59 Å². The molecule has 0 aromatic heterocycles. The molecule has 0 radical (unpaired) electrons. The number of likely N-dealkylation sites (N-methyl/N-ethyl adjacent to an activating group) is 2. The number of aliphatic carboxylic acids is 1. The van der Waals surface area contributed by atoms with Crippen LogP contribution in [0.5, 0.6) is 0 Å². The molecule has 1 heterocycles. The molecule has 1 aliphatic rings. The van der Waals surface area contributed by atoms with Crippen molar-refractivity contribution in [2.75, 3.05) is 30.9 Å². The van der Waals surface area contributed by atoms with Crippen molar-refractivity contribution >= 4 is 23.3 Å². The Labute approximate surface area is 111 Å². The molecular weight excluding hydrogens is 246 g/mol. The van der Waals surface area contributed by atoms with E-state index < -0.39 is 12.0 Å². The summed E-state index contributed by atoms with van der Waals surface area (Å²) in [5.41, 5.74) is 2.69. The van der Waals surface area contributed by atoms with Crippen LogP contribution in [-0.4, -0.2) is 43.7 Å². The van der Waals surface area contributed by atoms with Gasteiger partial charge in [0.05, 0.1) is 6.42 Å². The first-order chi connectivity index (χ1) is 9.01. The number of nitrogens with zero attached hydrogens (tertiary/aromatic N) is 1. The Balaban J connectivity index is 2.12. The number of carbonyl (C=O) groups excluding carboxylic acids is 1. The van der Waals surface area contributed by atoms with Gasteiger partial charge in [-0.2, -0.15) is 0 Å². The second-order valence-electron chi connectivity index (χ2n) is 4.63. The summed E-state index contributed by atoms with van der Waals surface area (Å²) >= 11 is 0. The van der Waals surface area contributed by atoms with E-state index in [2.05, 4.69) is 10.6 Å². The largest absolute Gasteiger partial charge is 0.480 e. The predicted molar refractivity (Wildman–Crippen MR) is 72.5 cm³/mol. The summed E-state index contributed by atoms with van der Waals surface area (Å²) in [6.45, 7) is 0.353. The van der Waals surface area contributed by atoms with Crippen LogP contribution in [0.3, 0.4) is 0 Å². The van der Waals surface area contributed by atoms with Gasteiger partial charge in [-0.05, 0) is 30.8 Å². The van der Waals surface area contributed by atoms with Gasteiger partial charge in [-0.1, -0.05) is 0 Å². The summed E-state index contributed by atoms with van der Waals surface area (Å²) in [5.74, 6) is -0.888. The molecule has 1 atom stereocenters. The first-order valence-electron chi connectivity index (χ1n) is 6.05. The fourth-order valence-electron chi connectivity index (χ4n) is 2.13. The highest BCUT2D eigenvalue weighted by Crippen LogP contribution is 2.27. The van der Waals surface area contributed by atoms with Crippen molar-refractivity contribution < 1.29 is 14.7 Å². The Morgan fingerprint density at radius 1 is 1.58 bits per heavy atom. The van der Waals surface area contributed by atoms with Gasteiger partial charge in [-0.25, -0.2) is 0 Å². The SMILES string of the molecule is CNC(CN(C)c1ccc2c(c1)CC(=O)N2)C(=O)O. The molecule has 1 aromatic carbocycles. The van der Waals surface area contributed by atoms with Crippen molar-refractivity contribution in [3.63, 3.8) is 0 Å². The van der Waals surface area contributed by atoms with Gasteiger partial charge < -0.3 is 20.6 Å². The van der Waals surface area contributed by atoms with Crippen molar-refractivity contribution in [2.45, 2.75) is 12.5 Å². The Hall–Kier alpha value is -2.08. The lowest BCUT2D eigenvalue weighted by atomic mass is 10.1. The molecule has 1 aliphatic heterocycles. The van der Waals surface area contributed by atoms with E-state index >= 15 is 0 Å². The summed E-state index contributed by atoms with van der Waals surface area (Å²) in [6, 6.07) is 5.01. The number of nitrogens with one attached hydrogen (secondary N) is 2. The molecule has 0 saturated heterocycles. The molecule has 1 aromatic rings. The summed E-state index contributed by atoms with van der Waals surface area (Å²) in [4.78, 5) is 24.1. The average molecular weight is 263 g/mol. The number of anilines is 2. The molecule has 0 aliphatic carbocycles. The smallest absolute Gasteiger partial charge is 0.322 e. The fourth-order valence-corrected chi connectivity index (χ4v) is 2.13. The Kier molecular flexibility index (Phi) is 3.71. The predicted octanol–water partition coefficient (Wildman–Crippen LogP) is 0.290. The van der Waals surface area contributed by atoms with Crippen LogP contribution in [-0.2, 0) is 16.0 Å². The van der Waals surface area contributed by atoms with Crippen molar-refractivity contribution in [3.05, 3.63) is 23.8 Å². The highest BCUT2D eigenvalue weighted by Gasteiger charge is 2.20. The number of carbonyl (C=O) groups is 2. The molecule has 102 valence electrons. The van der Waals surface area contributed by atoms with E-state index in [1.165, 1.54) is 0 Å². The molecule has 2 rings (SSSR count). The van der Waals surface area contributed by atoms with Crippen LogP contribution >= 0.6 is 0 Å². The van der Waals surface area contributed by atoms with E-state index in [0.717, 1.165) is 16.9 Å². The van der Waals surface area contributed by atoms with Gasteiger partial charge in [0.2, 0.25) is 5.91 Å². The van der Waals surface area contributed by atoms with Gasteiger partial charge >= 0.3 is 5.97 Å². The molecule has 1 unspecified atom stereocenters. The van der Waals surface area contributed by atoms with Crippen molar-refractivity contribution in [1.29, 1.82) is 0 Å². The average Bonchev–Trinajstić information content (AvgIpc) is 2.74. The summed E-state index contributed by atoms with van der Waals surface area (Å²) in [7, 11) is 3.46. The highest BCUT2D eigenvalue weighted by atomic mass is 16.4. The molecular formula is C13H17N3O3. The number of amides is 1. The minimum Gasteiger partial charge on any atom is -0.480 e. The maximum atomic E-state index is 11.3. The number of fused-ring (bicyclic) bond motifs is 1. The normalized spacial score (nSPS) is 14.7. The first kappa shape index (κ1) is 13.4. The molecule has 0 bridgehead atoms. The van der Waals surface area contributed by atoms with Crippen molar-refractivity contribution in [2.24, 2.45) is 0 Å². The fraction of sp³-hybridized carbons (Fsp3) is 0.385. The first-order valence-corrected chi connectivity index (χ1v) is 6.05. The molecule has 0 fully saturated rings. The minimum atomic E-state index is -0.882. The molecule has 0 spiro atoms. The van der Waals surface area contributed by atoms with E-state index in [-0.39, 0.29) is 5.91 Å². The van der Waals surface area contributed by atoms with Crippen LogP contribution in [0.4, 0.5) is 11.4 Å². The highest BCUT2D eigenvalue weighted by molar-refractivity contribution is 5.99. The standard InChI is InChI=1S/C13H17N3O3/c1-14-11(13(18)19)7-16(2)9-3-4-10-8(5-9)6-12(17)15-10/h3-5,11,14H,6-7H2,1-2H3,(H,15,17)(H,18,19). The number of hydrogen-bond acceptors (Lipinski definition) is 4. The lowest BCUT2D eigenvalue weighted by Gasteiger charge is -2.23. The summed E-state index contributed by atoms with van der Waals surface area (Å²) < 4.78 is 0. The lowest BCUT2D eigenvalue weighted by molar-refractivity contribution is -0.139. The summed E-state index contributed by atoms with van der Waals surface area (Å²) in [5, 5.41) is 14.5. The van der Waals surface area contributed by atoms with Crippen LogP contribution in [0, 0.1) is 0 Å². The molecule has 0 saturated carbocycles. The van der Waals surface area contributed by atoms with Crippen molar-refractivity contribution in [3.8, 4) is 0 Å². The molecule has 6 heteroatoms. The van der Waals surface area contributed by atoms with Crippen LogP contribution in [0.1, 0.15) is 5.56 Å². The zero-order chi connectivity index (χ0) is 14.0. The number of benzene rings is 1. The third-order valence-electron chi connectivity index (χ3n) is 3.26. The summed E-state index contributed by atoms with van der Waals surface area (Å²) in [6.07, 6.45) is 0.380. The van der Waals surface area contributed by atoms with E-state index in [1.807, 2.05) is 30.1 Å². The topological polar surface area (TPSA) is 81.7 Å². The van der Waals surface area contributed by atoms with Crippen LogP contribution in [0.15, 0.2) is 18.2 Å². The second-order valence-corrected chi connectivity index (χ2v) is 4.63. The molecule has 3 N–H and O–H groups in total.